The van der Waals surface area contributed by atoms with Crippen LogP contribution in [0.5, 0.6) is 0 Å². The highest BCUT2D eigenvalue weighted by Crippen LogP contribution is 2.27. The van der Waals surface area contributed by atoms with Crippen molar-refractivity contribution in [3.63, 3.8) is 0 Å². The maximum absolute atomic E-state index is 11.0. The third-order valence-corrected chi connectivity index (χ3v) is 5.12. The van der Waals surface area contributed by atoms with Gasteiger partial charge in [-0.1, -0.05) is 18.2 Å². The minimum Gasteiger partial charge on any atom is -0.275 e. The molecule has 0 fully saturated rings. The van der Waals surface area contributed by atoms with Crippen molar-refractivity contribution < 1.29 is 4.79 Å². The molecule has 19 heavy (non-hydrogen) atoms. The van der Waals surface area contributed by atoms with Crippen LogP contribution in [0.1, 0.15) is 19.4 Å². The zero-order chi connectivity index (χ0) is 13.2. The number of benzene rings is 1. The van der Waals surface area contributed by atoms with Crippen LogP contribution in [0, 0.1) is 0 Å². The van der Waals surface area contributed by atoms with Crippen LogP contribution in [0.4, 0.5) is 0 Å². The summed E-state index contributed by atoms with van der Waals surface area (Å²) in [6.45, 7) is 0. The molecule has 0 amide bonds. The smallest absolute Gasteiger partial charge is 0.262 e. The molecule has 0 spiro atoms. The van der Waals surface area contributed by atoms with Crippen molar-refractivity contribution in [2.45, 2.75) is 0 Å². The van der Waals surface area contributed by atoms with Crippen LogP contribution in [0.3, 0.4) is 0 Å². The van der Waals surface area contributed by atoms with Gasteiger partial charge in [-0.25, -0.2) is 0 Å². The van der Waals surface area contributed by atoms with E-state index in [0.29, 0.717) is 4.88 Å². The van der Waals surface area contributed by atoms with Gasteiger partial charge < -0.3 is 0 Å². The van der Waals surface area contributed by atoms with Gasteiger partial charge in [0.2, 0.25) is 0 Å². The minimum atomic E-state index is -0.397. The van der Waals surface area contributed by atoms with Crippen molar-refractivity contribution in [1.82, 2.24) is 0 Å². The lowest BCUT2D eigenvalue weighted by atomic mass is 10.2. The number of halogens is 1. The van der Waals surface area contributed by atoms with Gasteiger partial charge in [-0.05, 0) is 53.4 Å². The largest absolute Gasteiger partial charge is 0.275 e. The summed E-state index contributed by atoms with van der Waals surface area (Å²) < 4.78 is 1.28. The molecular weight excluding hydrogens is 296 g/mol. The first-order valence-electron chi connectivity index (χ1n) is 5.69. The molecule has 0 radical (unpaired) electrons. The van der Waals surface area contributed by atoms with E-state index in [9.17, 15) is 4.79 Å². The molecular formula is C15H9ClOS2. The number of carbonyl (C=O) groups is 1. The monoisotopic (exact) mass is 304 g/mol. The highest BCUT2D eigenvalue weighted by molar-refractivity contribution is 7.20. The van der Waals surface area contributed by atoms with Gasteiger partial charge in [0.1, 0.15) is 0 Å². The van der Waals surface area contributed by atoms with Crippen molar-refractivity contribution >= 4 is 61.8 Å². The lowest BCUT2D eigenvalue weighted by Gasteiger charge is -1.84. The SMILES string of the molecule is O=C(Cl)c1ccc(C=Cc2cc3ccccc3s2)s1. The fraction of sp³-hybridized carbons (Fsp3) is 0. The third-order valence-electron chi connectivity index (χ3n) is 2.68. The Morgan fingerprint density at radius 1 is 1.00 bits per heavy atom. The molecule has 0 saturated carbocycles. The Morgan fingerprint density at radius 2 is 1.79 bits per heavy atom. The first-order valence-corrected chi connectivity index (χ1v) is 7.70. The zero-order valence-electron chi connectivity index (χ0n) is 9.80. The summed E-state index contributed by atoms with van der Waals surface area (Å²) in [7, 11) is 0. The highest BCUT2D eigenvalue weighted by atomic mass is 35.5. The summed E-state index contributed by atoms with van der Waals surface area (Å²) in [6, 6.07) is 14.1. The molecule has 0 N–H and O–H groups in total. The van der Waals surface area contributed by atoms with Crippen LogP contribution < -0.4 is 0 Å². The van der Waals surface area contributed by atoms with E-state index >= 15 is 0 Å². The van der Waals surface area contributed by atoms with Crippen molar-refractivity contribution in [2.75, 3.05) is 0 Å². The van der Waals surface area contributed by atoms with E-state index in [2.05, 4.69) is 24.3 Å². The average Bonchev–Trinajstić information content (AvgIpc) is 3.02. The van der Waals surface area contributed by atoms with Gasteiger partial charge >= 0.3 is 0 Å². The molecule has 4 heteroatoms. The summed E-state index contributed by atoms with van der Waals surface area (Å²) in [4.78, 5) is 13.8. The number of hydrogen-bond donors (Lipinski definition) is 0. The fourth-order valence-corrected chi connectivity index (χ4v) is 3.69. The number of thiophene rings is 2. The lowest BCUT2D eigenvalue weighted by Crippen LogP contribution is -1.78. The molecule has 0 aliphatic heterocycles. The quantitative estimate of drug-likeness (QED) is 0.583. The molecule has 0 unspecified atom stereocenters. The molecule has 0 aliphatic carbocycles. The topological polar surface area (TPSA) is 17.1 Å². The van der Waals surface area contributed by atoms with Gasteiger partial charge in [-0.15, -0.1) is 22.7 Å². The number of hydrogen-bond acceptors (Lipinski definition) is 3. The van der Waals surface area contributed by atoms with Crippen LogP contribution in [-0.4, -0.2) is 5.24 Å². The second kappa shape index (κ2) is 5.29. The highest BCUT2D eigenvalue weighted by Gasteiger charge is 2.04. The Labute approximate surface area is 123 Å². The predicted molar refractivity (Wildman–Crippen MR) is 85.3 cm³/mol. The summed E-state index contributed by atoms with van der Waals surface area (Å²) in [5.74, 6) is 0. The molecule has 1 aromatic carbocycles. The maximum Gasteiger partial charge on any atom is 0.262 e. The number of carbonyl (C=O) groups excluding carboxylic acids is 1. The molecule has 2 aromatic heterocycles. The van der Waals surface area contributed by atoms with E-state index < -0.39 is 5.24 Å². The molecule has 0 bridgehead atoms. The zero-order valence-corrected chi connectivity index (χ0v) is 12.2. The molecule has 3 aromatic rings. The minimum absolute atomic E-state index is 0.397. The van der Waals surface area contributed by atoms with Crippen molar-refractivity contribution in [3.05, 3.63) is 57.1 Å². The third kappa shape index (κ3) is 2.78. The Bertz CT molecular complexity index is 734. The predicted octanol–water partition coefficient (Wildman–Crippen LogP) is 5.51. The number of rotatable bonds is 3. The normalized spacial score (nSPS) is 11.4. The van der Waals surface area contributed by atoms with E-state index in [1.165, 1.54) is 26.3 Å². The van der Waals surface area contributed by atoms with Gasteiger partial charge in [0.05, 0.1) is 4.88 Å². The molecule has 94 valence electrons. The molecule has 1 nitrogen and oxygen atoms in total. The first kappa shape index (κ1) is 12.6. The fourth-order valence-electron chi connectivity index (χ4n) is 1.80. The van der Waals surface area contributed by atoms with Gasteiger partial charge in [0.25, 0.3) is 5.24 Å². The van der Waals surface area contributed by atoms with Crippen LogP contribution in [0.25, 0.3) is 22.2 Å². The Kier molecular flexibility index (Phi) is 3.51. The molecule has 0 atom stereocenters. The van der Waals surface area contributed by atoms with E-state index in [1.54, 1.807) is 17.4 Å². The summed E-state index contributed by atoms with van der Waals surface area (Å²) in [6.07, 6.45) is 4.08. The molecule has 2 heterocycles. The first-order chi connectivity index (χ1) is 9.22. The standard InChI is InChI=1S/C15H9ClOS2/c16-15(17)14-8-7-11(18-14)5-6-12-9-10-3-1-2-4-13(10)19-12/h1-9H. The van der Waals surface area contributed by atoms with Gasteiger partial charge in [-0.3, -0.25) is 4.79 Å². The lowest BCUT2D eigenvalue weighted by molar-refractivity contribution is 0.108. The summed E-state index contributed by atoms with van der Waals surface area (Å²) in [5, 5.41) is 0.862. The average molecular weight is 305 g/mol. The van der Waals surface area contributed by atoms with Crippen molar-refractivity contribution in [1.29, 1.82) is 0 Å². The van der Waals surface area contributed by atoms with Crippen LogP contribution in [0.2, 0.25) is 0 Å². The van der Waals surface area contributed by atoms with Crippen molar-refractivity contribution in [3.8, 4) is 0 Å². The molecule has 0 saturated heterocycles. The Balaban J connectivity index is 1.86. The van der Waals surface area contributed by atoms with E-state index in [1.807, 2.05) is 24.3 Å². The van der Waals surface area contributed by atoms with Crippen LogP contribution in [-0.2, 0) is 0 Å². The molecule has 3 rings (SSSR count). The van der Waals surface area contributed by atoms with Crippen molar-refractivity contribution in [2.24, 2.45) is 0 Å². The Morgan fingerprint density at radius 3 is 2.53 bits per heavy atom. The van der Waals surface area contributed by atoms with E-state index in [-0.39, 0.29) is 0 Å². The number of fused-ring (bicyclic) bond motifs is 1. The molecule has 0 aliphatic rings. The van der Waals surface area contributed by atoms with E-state index in [4.69, 9.17) is 11.6 Å². The van der Waals surface area contributed by atoms with Crippen LogP contribution >= 0.6 is 34.3 Å². The Hall–Kier alpha value is -1.42. The second-order valence-electron chi connectivity index (χ2n) is 4.00. The van der Waals surface area contributed by atoms with Gasteiger partial charge in [0, 0.05) is 14.5 Å². The second-order valence-corrected chi connectivity index (χ2v) is 6.57. The summed E-state index contributed by atoms with van der Waals surface area (Å²) >= 11 is 8.59. The van der Waals surface area contributed by atoms with Gasteiger partial charge in [-0.2, -0.15) is 0 Å². The van der Waals surface area contributed by atoms with E-state index in [0.717, 1.165) is 4.88 Å². The maximum atomic E-state index is 11.0. The van der Waals surface area contributed by atoms with Gasteiger partial charge in [0.15, 0.2) is 0 Å². The van der Waals surface area contributed by atoms with Crippen LogP contribution in [0.15, 0.2) is 42.5 Å². The summed E-state index contributed by atoms with van der Waals surface area (Å²) in [5.41, 5.74) is 0.